The number of benzene rings is 1. The van der Waals surface area contributed by atoms with Crippen LogP contribution in [0, 0.1) is 17.2 Å². The SMILES string of the molecule is N#CCn1c(=O)ccc2cc(N3CCC(C(=O)O)CC3)ccc21. The predicted molar refractivity (Wildman–Crippen MR) is 86.4 cm³/mol. The quantitative estimate of drug-likeness (QED) is 0.934. The highest BCUT2D eigenvalue weighted by Crippen LogP contribution is 2.26. The number of rotatable bonds is 3. The van der Waals surface area contributed by atoms with Crippen LogP contribution in [-0.4, -0.2) is 28.7 Å². The summed E-state index contributed by atoms with van der Waals surface area (Å²) in [4.78, 5) is 25.0. The summed E-state index contributed by atoms with van der Waals surface area (Å²) in [5.74, 6) is -0.976. The molecule has 3 rings (SSSR count). The van der Waals surface area contributed by atoms with E-state index in [4.69, 9.17) is 10.4 Å². The topological polar surface area (TPSA) is 86.3 Å². The average Bonchev–Trinajstić information content (AvgIpc) is 2.57. The summed E-state index contributed by atoms with van der Waals surface area (Å²) in [6, 6.07) is 11.0. The number of pyridine rings is 1. The summed E-state index contributed by atoms with van der Waals surface area (Å²) >= 11 is 0. The number of anilines is 1. The van der Waals surface area contributed by atoms with Crippen LogP contribution in [0.3, 0.4) is 0 Å². The van der Waals surface area contributed by atoms with E-state index in [0.717, 1.165) is 16.6 Å². The van der Waals surface area contributed by atoms with Gasteiger partial charge in [-0.25, -0.2) is 0 Å². The normalized spacial score (nSPS) is 15.5. The Bertz CT molecular complexity index is 842. The number of aromatic nitrogens is 1. The third-order valence-corrected chi connectivity index (χ3v) is 4.41. The van der Waals surface area contributed by atoms with Gasteiger partial charge in [-0.1, -0.05) is 0 Å². The van der Waals surface area contributed by atoms with Gasteiger partial charge in [0.1, 0.15) is 6.54 Å². The Morgan fingerprint density at radius 3 is 2.65 bits per heavy atom. The average molecular weight is 311 g/mol. The fourth-order valence-corrected chi connectivity index (χ4v) is 3.11. The summed E-state index contributed by atoms with van der Waals surface area (Å²) in [5.41, 5.74) is 1.57. The van der Waals surface area contributed by atoms with Gasteiger partial charge in [0.2, 0.25) is 0 Å². The molecule has 2 aromatic rings. The summed E-state index contributed by atoms with van der Waals surface area (Å²) in [6.45, 7) is 1.44. The van der Waals surface area contributed by atoms with Crippen LogP contribution in [0.25, 0.3) is 10.9 Å². The molecule has 6 heteroatoms. The van der Waals surface area contributed by atoms with Crippen molar-refractivity contribution >= 4 is 22.6 Å². The number of carboxylic acids is 1. The molecule has 6 nitrogen and oxygen atoms in total. The Hall–Kier alpha value is -2.81. The molecule has 0 amide bonds. The van der Waals surface area contributed by atoms with E-state index in [1.165, 1.54) is 10.6 Å². The number of carbonyl (C=O) groups is 1. The highest BCUT2D eigenvalue weighted by Gasteiger charge is 2.24. The van der Waals surface area contributed by atoms with Gasteiger partial charge in [-0.2, -0.15) is 5.26 Å². The van der Waals surface area contributed by atoms with Crippen LogP contribution in [-0.2, 0) is 11.3 Å². The van der Waals surface area contributed by atoms with Crippen LogP contribution in [0.2, 0.25) is 0 Å². The van der Waals surface area contributed by atoms with Crippen molar-refractivity contribution in [1.82, 2.24) is 4.57 Å². The van der Waals surface area contributed by atoms with E-state index < -0.39 is 5.97 Å². The van der Waals surface area contributed by atoms with E-state index >= 15 is 0 Å². The molecule has 1 N–H and O–H groups in total. The number of nitrogens with zero attached hydrogens (tertiary/aromatic N) is 3. The van der Waals surface area contributed by atoms with E-state index in [1.807, 2.05) is 24.3 Å². The third kappa shape index (κ3) is 2.90. The lowest BCUT2D eigenvalue weighted by Gasteiger charge is -2.32. The molecule has 0 aliphatic carbocycles. The molecule has 118 valence electrons. The highest BCUT2D eigenvalue weighted by molar-refractivity contribution is 5.83. The van der Waals surface area contributed by atoms with Crippen LogP contribution in [0.15, 0.2) is 35.1 Å². The maximum Gasteiger partial charge on any atom is 0.306 e. The van der Waals surface area contributed by atoms with E-state index in [0.29, 0.717) is 25.9 Å². The lowest BCUT2D eigenvalue weighted by atomic mass is 9.96. The Morgan fingerprint density at radius 2 is 2.00 bits per heavy atom. The first-order valence-corrected chi connectivity index (χ1v) is 7.58. The largest absolute Gasteiger partial charge is 0.481 e. The van der Waals surface area contributed by atoms with E-state index in [-0.39, 0.29) is 18.0 Å². The molecule has 0 atom stereocenters. The van der Waals surface area contributed by atoms with Gasteiger partial charge >= 0.3 is 5.97 Å². The van der Waals surface area contributed by atoms with Gasteiger partial charge in [0.25, 0.3) is 5.56 Å². The smallest absolute Gasteiger partial charge is 0.306 e. The summed E-state index contributed by atoms with van der Waals surface area (Å²) in [6.07, 6.45) is 1.28. The van der Waals surface area contributed by atoms with Crippen molar-refractivity contribution in [2.24, 2.45) is 5.92 Å². The second-order valence-corrected chi connectivity index (χ2v) is 5.76. The van der Waals surface area contributed by atoms with Gasteiger partial charge < -0.3 is 10.0 Å². The Morgan fingerprint density at radius 1 is 1.26 bits per heavy atom. The molecule has 1 saturated heterocycles. The number of aliphatic carboxylic acids is 1. The number of fused-ring (bicyclic) bond motifs is 1. The van der Waals surface area contributed by atoms with Crippen molar-refractivity contribution in [3.63, 3.8) is 0 Å². The zero-order valence-corrected chi connectivity index (χ0v) is 12.6. The Labute approximate surface area is 133 Å². The van der Waals surface area contributed by atoms with Crippen LogP contribution in [0.1, 0.15) is 12.8 Å². The fourth-order valence-electron chi connectivity index (χ4n) is 3.11. The molecule has 0 saturated carbocycles. The van der Waals surface area contributed by atoms with Gasteiger partial charge in [-0.05, 0) is 37.1 Å². The van der Waals surface area contributed by atoms with Crippen molar-refractivity contribution in [2.45, 2.75) is 19.4 Å². The first kappa shape index (κ1) is 15.1. The molecule has 0 bridgehead atoms. The van der Waals surface area contributed by atoms with Crippen LogP contribution in [0.4, 0.5) is 5.69 Å². The van der Waals surface area contributed by atoms with E-state index in [1.54, 1.807) is 6.07 Å². The van der Waals surface area contributed by atoms with Gasteiger partial charge in [-0.3, -0.25) is 14.2 Å². The van der Waals surface area contributed by atoms with Crippen molar-refractivity contribution in [3.05, 3.63) is 40.7 Å². The molecule has 1 aromatic heterocycles. The molecule has 1 aliphatic rings. The lowest BCUT2D eigenvalue weighted by Crippen LogP contribution is -2.36. The standard InChI is InChI=1S/C17H17N3O3/c18-7-10-20-15-3-2-14(11-13(15)1-4-16(20)21)19-8-5-12(6-9-19)17(22)23/h1-4,11-12H,5-6,8-10H2,(H,22,23). The van der Waals surface area contributed by atoms with E-state index in [9.17, 15) is 9.59 Å². The zero-order valence-electron chi connectivity index (χ0n) is 12.6. The number of nitriles is 1. The van der Waals surface area contributed by atoms with Crippen molar-refractivity contribution in [3.8, 4) is 6.07 Å². The van der Waals surface area contributed by atoms with Crippen molar-refractivity contribution in [1.29, 1.82) is 5.26 Å². The number of hydrogen-bond donors (Lipinski definition) is 1. The maximum absolute atomic E-state index is 11.9. The third-order valence-electron chi connectivity index (χ3n) is 4.41. The second kappa shape index (κ2) is 6.13. The minimum Gasteiger partial charge on any atom is -0.481 e. The monoisotopic (exact) mass is 311 g/mol. The van der Waals surface area contributed by atoms with Gasteiger partial charge in [0.05, 0.1) is 17.5 Å². The molecule has 2 heterocycles. The molecule has 1 aliphatic heterocycles. The van der Waals surface area contributed by atoms with Gasteiger partial charge in [0.15, 0.2) is 0 Å². The molecule has 0 radical (unpaired) electrons. The first-order chi connectivity index (χ1) is 11.1. The fraction of sp³-hybridized carbons (Fsp3) is 0.353. The van der Waals surface area contributed by atoms with Crippen molar-refractivity contribution in [2.75, 3.05) is 18.0 Å². The summed E-state index contributed by atoms with van der Waals surface area (Å²) in [7, 11) is 0. The minimum atomic E-state index is -0.719. The molecular weight excluding hydrogens is 294 g/mol. The molecule has 0 unspecified atom stereocenters. The van der Waals surface area contributed by atoms with E-state index in [2.05, 4.69) is 4.90 Å². The van der Waals surface area contributed by atoms with Gasteiger partial charge in [-0.15, -0.1) is 0 Å². The molecule has 23 heavy (non-hydrogen) atoms. The molecular formula is C17H17N3O3. The van der Waals surface area contributed by atoms with Crippen LogP contribution in [0.5, 0.6) is 0 Å². The predicted octanol–water partition coefficient (Wildman–Crippen LogP) is 1.83. The molecule has 1 fully saturated rings. The first-order valence-electron chi connectivity index (χ1n) is 7.58. The van der Waals surface area contributed by atoms with Crippen LogP contribution >= 0.6 is 0 Å². The number of hydrogen-bond acceptors (Lipinski definition) is 4. The number of piperidine rings is 1. The second-order valence-electron chi connectivity index (χ2n) is 5.76. The van der Waals surface area contributed by atoms with Crippen LogP contribution < -0.4 is 10.5 Å². The van der Waals surface area contributed by atoms with Crippen molar-refractivity contribution < 1.29 is 9.90 Å². The molecule has 0 spiro atoms. The number of carboxylic acid groups (broad SMARTS) is 1. The summed E-state index contributed by atoms with van der Waals surface area (Å²) < 4.78 is 1.45. The summed E-state index contributed by atoms with van der Waals surface area (Å²) in [5, 5.41) is 18.8. The zero-order chi connectivity index (χ0) is 16.4. The maximum atomic E-state index is 11.9. The minimum absolute atomic E-state index is 0.0273. The Kier molecular flexibility index (Phi) is 4.02. The molecule has 1 aromatic carbocycles. The van der Waals surface area contributed by atoms with Gasteiger partial charge in [0, 0.05) is 30.2 Å². The lowest BCUT2D eigenvalue weighted by molar-refractivity contribution is -0.142. The highest BCUT2D eigenvalue weighted by atomic mass is 16.4. The Balaban J connectivity index is 1.90.